The van der Waals surface area contributed by atoms with Crippen molar-refractivity contribution in [3.05, 3.63) is 47.2 Å². The number of anilines is 1. The van der Waals surface area contributed by atoms with Crippen LogP contribution in [0, 0.1) is 13.8 Å². The molecule has 1 atom stereocenters. The zero-order chi connectivity index (χ0) is 11.7. The first kappa shape index (κ1) is 10.7. The van der Waals surface area contributed by atoms with Crippen molar-refractivity contribution in [2.75, 3.05) is 5.73 Å². The van der Waals surface area contributed by atoms with Crippen LogP contribution >= 0.6 is 0 Å². The Bertz CT molecular complexity index is 500. The third-order valence-corrected chi connectivity index (χ3v) is 2.89. The molecule has 2 rings (SSSR count). The van der Waals surface area contributed by atoms with Gasteiger partial charge in [-0.25, -0.2) is 4.68 Å². The van der Waals surface area contributed by atoms with Gasteiger partial charge in [-0.3, -0.25) is 0 Å². The molecule has 84 valence electrons. The lowest BCUT2D eigenvalue weighted by Crippen LogP contribution is -2.12. The summed E-state index contributed by atoms with van der Waals surface area (Å²) in [4.78, 5) is 0. The van der Waals surface area contributed by atoms with E-state index in [1.54, 1.807) is 0 Å². The number of aryl methyl sites for hydroxylation is 2. The molecule has 0 aliphatic rings. The Kier molecular flexibility index (Phi) is 2.69. The summed E-state index contributed by atoms with van der Waals surface area (Å²) in [6.07, 6.45) is 0. The largest absolute Gasteiger partial charge is 0.384 e. The average molecular weight is 215 g/mol. The summed E-state index contributed by atoms with van der Waals surface area (Å²) in [7, 11) is 0. The van der Waals surface area contributed by atoms with Crippen molar-refractivity contribution in [3.8, 4) is 0 Å². The van der Waals surface area contributed by atoms with Gasteiger partial charge in [0.2, 0.25) is 0 Å². The van der Waals surface area contributed by atoms with Crippen LogP contribution in [0.5, 0.6) is 0 Å². The highest BCUT2D eigenvalue weighted by molar-refractivity contribution is 5.35. The van der Waals surface area contributed by atoms with Crippen LogP contribution < -0.4 is 5.73 Å². The second-order valence-corrected chi connectivity index (χ2v) is 4.19. The van der Waals surface area contributed by atoms with Gasteiger partial charge in [-0.05, 0) is 31.9 Å². The number of hydrogen-bond acceptors (Lipinski definition) is 2. The molecule has 0 bridgehead atoms. The predicted octanol–water partition coefficient (Wildman–Crippen LogP) is 2.69. The fourth-order valence-corrected chi connectivity index (χ4v) is 2.03. The minimum Gasteiger partial charge on any atom is -0.384 e. The standard InChI is InChI=1S/C13H17N3/c1-9-6-4-5-7-12(9)11(3)16-13(14)8-10(2)15-16/h4-8,11H,14H2,1-3H3. The second-order valence-electron chi connectivity index (χ2n) is 4.19. The Morgan fingerprint density at radius 2 is 1.94 bits per heavy atom. The summed E-state index contributed by atoms with van der Waals surface area (Å²) in [6.45, 7) is 6.18. The molecule has 0 spiro atoms. The van der Waals surface area contributed by atoms with Crippen LogP contribution in [0.2, 0.25) is 0 Å². The van der Waals surface area contributed by atoms with E-state index in [9.17, 15) is 0 Å². The van der Waals surface area contributed by atoms with Crippen molar-refractivity contribution in [2.24, 2.45) is 0 Å². The zero-order valence-corrected chi connectivity index (χ0v) is 9.94. The van der Waals surface area contributed by atoms with E-state index in [-0.39, 0.29) is 6.04 Å². The van der Waals surface area contributed by atoms with Gasteiger partial charge in [0, 0.05) is 6.07 Å². The van der Waals surface area contributed by atoms with Crippen LogP contribution in [0.1, 0.15) is 29.8 Å². The number of hydrogen-bond donors (Lipinski definition) is 1. The quantitative estimate of drug-likeness (QED) is 0.837. The molecule has 2 aromatic rings. The lowest BCUT2D eigenvalue weighted by Gasteiger charge is -2.16. The highest BCUT2D eigenvalue weighted by Gasteiger charge is 2.13. The molecule has 3 heteroatoms. The fraction of sp³-hybridized carbons (Fsp3) is 0.308. The lowest BCUT2D eigenvalue weighted by molar-refractivity contribution is 0.566. The molecule has 3 nitrogen and oxygen atoms in total. The summed E-state index contributed by atoms with van der Waals surface area (Å²) in [5.74, 6) is 0.716. The van der Waals surface area contributed by atoms with E-state index < -0.39 is 0 Å². The molecule has 0 radical (unpaired) electrons. The number of nitrogen functional groups attached to an aromatic ring is 1. The second kappa shape index (κ2) is 4.00. The van der Waals surface area contributed by atoms with E-state index in [1.165, 1.54) is 11.1 Å². The van der Waals surface area contributed by atoms with E-state index in [4.69, 9.17) is 5.73 Å². The van der Waals surface area contributed by atoms with Gasteiger partial charge >= 0.3 is 0 Å². The third kappa shape index (κ3) is 1.81. The molecule has 16 heavy (non-hydrogen) atoms. The highest BCUT2D eigenvalue weighted by atomic mass is 15.3. The van der Waals surface area contributed by atoms with Crippen molar-refractivity contribution in [2.45, 2.75) is 26.8 Å². The summed E-state index contributed by atoms with van der Waals surface area (Å²) < 4.78 is 1.87. The van der Waals surface area contributed by atoms with Gasteiger partial charge in [0.1, 0.15) is 5.82 Å². The SMILES string of the molecule is Cc1cc(N)n(C(C)c2ccccc2C)n1. The molecular formula is C13H17N3. The Balaban J connectivity index is 2.43. The Labute approximate surface area is 95.9 Å². The molecule has 0 aliphatic heterocycles. The van der Waals surface area contributed by atoms with Crippen LogP contribution in [0.3, 0.4) is 0 Å². The number of aromatic nitrogens is 2. The molecule has 0 saturated carbocycles. The van der Waals surface area contributed by atoms with Crippen LogP contribution in [0.25, 0.3) is 0 Å². The predicted molar refractivity (Wildman–Crippen MR) is 66.4 cm³/mol. The lowest BCUT2D eigenvalue weighted by atomic mass is 10.0. The number of rotatable bonds is 2. The smallest absolute Gasteiger partial charge is 0.122 e. The third-order valence-electron chi connectivity index (χ3n) is 2.89. The summed E-state index contributed by atoms with van der Waals surface area (Å²) in [5.41, 5.74) is 9.41. The van der Waals surface area contributed by atoms with E-state index >= 15 is 0 Å². The van der Waals surface area contributed by atoms with Gasteiger partial charge in [-0.15, -0.1) is 0 Å². The molecule has 1 heterocycles. The van der Waals surface area contributed by atoms with E-state index in [0.29, 0.717) is 5.82 Å². The maximum Gasteiger partial charge on any atom is 0.122 e. The van der Waals surface area contributed by atoms with Crippen LogP contribution in [-0.2, 0) is 0 Å². The summed E-state index contributed by atoms with van der Waals surface area (Å²) in [5, 5.41) is 4.42. The van der Waals surface area contributed by atoms with Gasteiger partial charge < -0.3 is 5.73 Å². The van der Waals surface area contributed by atoms with Crippen molar-refractivity contribution < 1.29 is 0 Å². The van der Waals surface area contributed by atoms with Gasteiger partial charge in [0.15, 0.2) is 0 Å². The number of nitrogens with two attached hydrogens (primary N) is 1. The molecular weight excluding hydrogens is 198 g/mol. The Hall–Kier alpha value is -1.77. The molecule has 1 unspecified atom stereocenters. The topological polar surface area (TPSA) is 43.8 Å². The first-order chi connectivity index (χ1) is 7.59. The number of benzene rings is 1. The van der Waals surface area contributed by atoms with Crippen molar-refractivity contribution in [1.29, 1.82) is 0 Å². The van der Waals surface area contributed by atoms with Gasteiger partial charge in [-0.2, -0.15) is 5.10 Å². The Morgan fingerprint density at radius 3 is 2.50 bits per heavy atom. The monoisotopic (exact) mass is 215 g/mol. The molecule has 0 saturated heterocycles. The van der Waals surface area contributed by atoms with Crippen molar-refractivity contribution in [1.82, 2.24) is 9.78 Å². The minimum atomic E-state index is 0.176. The van der Waals surface area contributed by atoms with E-state index in [2.05, 4.69) is 31.1 Å². The summed E-state index contributed by atoms with van der Waals surface area (Å²) >= 11 is 0. The fourth-order valence-electron chi connectivity index (χ4n) is 2.03. The molecule has 1 aromatic heterocycles. The van der Waals surface area contributed by atoms with Crippen LogP contribution in [0.4, 0.5) is 5.82 Å². The van der Waals surface area contributed by atoms with Crippen molar-refractivity contribution >= 4 is 5.82 Å². The van der Waals surface area contributed by atoms with E-state index in [0.717, 1.165) is 5.69 Å². The minimum absolute atomic E-state index is 0.176. The highest BCUT2D eigenvalue weighted by Crippen LogP contribution is 2.23. The molecule has 0 fully saturated rings. The zero-order valence-electron chi connectivity index (χ0n) is 9.94. The van der Waals surface area contributed by atoms with Crippen LogP contribution in [0.15, 0.2) is 30.3 Å². The molecule has 0 amide bonds. The summed E-state index contributed by atoms with van der Waals surface area (Å²) in [6, 6.07) is 10.4. The maximum atomic E-state index is 5.93. The van der Waals surface area contributed by atoms with Crippen molar-refractivity contribution in [3.63, 3.8) is 0 Å². The van der Waals surface area contributed by atoms with Crippen LogP contribution in [-0.4, -0.2) is 9.78 Å². The Morgan fingerprint density at radius 1 is 1.25 bits per heavy atom. The first-order valence-corrected chi connectivity index (χ1v) is 5.46. The van der Waals surface area contributed by atoms with E-state index in [1.807, 2.05) is 29.8 Å². The maximum absolute atomic E-state index is 5.93. The number of nitrogens with zero attached hydrogens (tertiary/aromatic N) is 2. The first-order valence-electron chi connectivity index (χ1n) is 5.46. The normalized spacial score (nSPS) is 12.7. The molecule has 0 aliphatic carbocycles. The molecule has 1 aromatic carbocycles. The van der Waals surface area contributed by atoms with Gasteiger partial charge in [-0.1, -0.05) is 24.3 Å². The average Bonchev–Trinajstić information content (AvgIpc) is 2.58. The van der Waals surface area contributed by atoms with Gasteiger partial charge in [0.05, 0.1) is 11.7 Å². The molecule has 2 N–H and O–H groups in total. The van der Waals surface area contributed by atoms with Gasteiger partial charge in [0.25, 0.3) is 0 Å².